The average molecular weight is 945 g/mol. The Morgan fingerprint density at radius 1 is 0.591 bits per heavy atom. The molecule has 5 saturated carbocycles. The van der Waals surface area contributed by atoms with Crippen molar-refractivity contribution in [2.45, 2.75) is 217 Å². The summed E-state index contributed by atoms with van der Waals surface area (Å²) in [7, 11) is 0. The average Bonchev–Trinajstić information content (AvgIpc) is 3.25. The molecule has 0 aromatic rings. The molecule has 19 heteroatoms. The van der Waals surface area contributed by atoms with Crippen LogP contribution in [0.5, 0.6) is 0 Å². The first kappa shape index (κ1) is 50.7. The molecular formula is C47H76O19. The van der Waals surface area contributed by atoms with E-state index in [9.17, 15) is 65.8 Å². The van der Waals surface area contributed by atoms with Crippen molar-refractivity contribution in [2.24, 2.45) is 56.7 Å². The van der Waals surface area contributed by atoms with Crippen molar-refractivity contribution in [3.05, 3.63) is 0 Å². The summed E-state index contributed by atoms with van der Waals surface area (Å²) in [5, 5.41) is 118. The smallest absolute Gasteiger partial charge is 0.335 e. The maximum Gasteiger partial charge on any atom is 0.335 e. The summed E-state index contributed by atoms with van der Waals surface area (Å²) in [5.74, 6) is -2.06. The minimum absolute atomic E-state index is 0.0902. The predicted octanol–water partition coefficient (Wildman–Crippen LogP) is 0.487. The van der Waals surface area contributed by atoms with Gasteiger partial charge in [0.15, 0.2) is 25.0 Å². The molecule has 3 aliphatic heterocycles. The number of aliphatic hydroxyl groups excluding tert-OH is 9. The number of ether oxygens (including phenoxy) is 6. The predicted molar refractivity (Wildman–Crippen MR) is 227 cm³/mol. The number of carboxylic acids is 2. The van der Waals surface area contributed by atoms with Gasteiger partial charge in [-0.1, -0.05) is 41.5 Å². The molecule has 0 radical (unpaired) electrons. The zero-order valence-electron chi connectivity index (χ0n) is 39.2. The van der Waals surface area contributed by atoms with Crippen LogP contribution in [0, 0.1) is 56.7 Å². The molecule has 378 valence electrons. The molecule has 3 saturated heterocycles. The van der Waals surface area contributed by atoms with Crippen LogP contribution < -0.4 is 0 Å². The second-order valence-corrected chi connectivity index (χ2v) is 22.9. The first-order valence-electron chi connectivity index (χ1n) is 24.2. The lowest BCUT2D eigenvalue weighted by Crippen LogP contribution is -2.69. The van der Waals surface area contributed by atoms with Crippen molar-refractivity contribution in [1.29, 1.82) is 0 Å². The third-order valence-electron chi connectivity index (χ3n) is 19.8. The Morgan fingerprint density at radius 2 is 1.23 bits per heavy atom. The number of aliphatic carboxylic acids is 2. The Balaban J connectivity index is 1.05. The van der Waals surface area contributed by atoms with Gasteiger partial charge in [-0.05, 0) is 122 Å². The van der Waals surface area contributed by atoms with Gasteiger partial charge in [0.2, 0.25) is 0 Å². The summed E-state index contributed by atoms with van der Waals surface area (Å²) in [6.45, 7) is 14.0. The Hall–Kier alpha value is -1.66. The molecule has 1 unspecified atom stereocenters. The fraction of sp³-hybridized carbons (Fsp3) is 0.957. The van der Waals surface area contributed by atoms with E-state index in [1.165, 1.54) is 6.92 Å². The fourth-order valence-corrected chi connectivity index (χ4v) is 15.9. The number of fused-ring (bicyclic) bond motifs is 7. The maximum atomic E-state index is 13.1. The standard InChI is InChI=1S/C47H76O19/c1-19-22(49)10-15-47(42(59)60)17-16-45(6)21(27(19)47)8-9-25-44(5)13-12-26(43(3,4)24(44)11-14-46(25,45)7)63-41-37(33(55)32(54)35(64-41)38(57)58)66-40-36(31(53)29(51)23(18-48)62-40)65-39-34(56)30(52)28(50)20(2)61-39/h19-37,39-41,48-56H,8-18H2,1-7H3,(H,57,58)(H,59,60)/t19-,20+,21?,22-,23-,24+,25-,26+,27+,28+,29+,30-,31+,32+,33+,34-,35+,36-,37-,39+,40+,41-,44+,45-,46-,47+/m1/s1. The Morgan fingerprint density at radius 3 is 1.86 bits per heavy atom. The molecule has 0 aromatic heterocycles. The number of carboxylic acid groups (broad SMARTS) is 2. The van der Waals surface area contributed by atoms with E-state index in [1.54, 1.807) is 0 Å². The summed E-state index contributed by atoms with van der Waals surface area (Å²) < 4.78 is 36.3. The topological polar surface area (TPSA) is 312 Å². The van der Waals surface area contributed by atoms with Crippen molar-refractivity contribution in [2.75, 3.05) is 6.61 Å². The summed E-state index contributed by atoms with van der Waals surface area (Å²) in [6, 6.07) is 0. The molecule has 19 nitrogen and oxygen atoms in total. The van der Waals surface area contributed by atoms with Crippen LogP contribution in [-0.2, 0) is 38.0 Å². The number of aliphatic hydroxyl groups is 9. The van der Waals surface area contributed by atoms with E-state index in [2.05, 4.69) is 34.6 Å². The lowest BCUT2D eigenvalue weighted by Gasteiger charge is -2.73. The van der Waals surface area contributed by atoms with Crippen molar-refractivity contribution < 1.29 is 94.2 Å². The molecule has 8 fully saturated rings. The maximum absolute atomic E-state index is 13.1. The van der Waals surface area contributed by atoms with Gasteiger partial charge in [0.05, 0.1) is 30.3 Å². The van der Waals surface area contributed by atoms with E-state index in [1.807, 2.05) is 6.92 Å². The number of hydrogen-bond donors (Lipinski definition) is 11. The van der Waals surface area contributed by atoms with Gasteiger partial charge in [-0.3, -0.25) is 4.79 Å². The summed E-state index contributed by atoms with van der Waals surface area (Å²) in [4.78, 5) is 25.6. The van der Waals surface area contributed by atoms with Gasteiger partial charge in [0, 0.05) is 0 Å². The van der Waals surface area contributed by atoms with E-state index >= 15 is 0 Å². The molecule has 0 aromatic carbocycles. The lowest BCUT2D eigenvalue weighted by molar-refractivity contribution is -0.395. The van der Waals surface area contributed by atoms with Gasteiger partial charge in [-0.25, -0.2) is 4.79 Å². The molecule has 0 bridgehead atoms. The highest BCUT2D eigenvalue weighted by Crippen LogP contribution is 2.77. The highest BCUT2D eigenvalue weighted by molar-refractivity contribution is 5.76. The van der Waals surface area contributed by atoms with Crippen LogP contribution in [-0.4, -0.2) is 179 Å². The highest BCUT2D eigenvalue weighted by Gasteiger charge is 2.72. The Bertz CT molecular complexity index is 1790. The summed E-state index contributed by atoms with van der Waals surface area (Å²) >= 11 is 0. The minimum Gasteiger partial charge on any atom is -0.481 e. The Labute approximate surface area is 385 Å². The zero-order valence-corrected chi connectivity index (χ0v) is 39.2. The zero-order chi connectivity index (χ0) is 48.4. The second-order valence-electron chi connectivity index (χ2n) is 22.9. The number of carbonyl (C=O) groups is 2. The SMILES string of the molecule is C[C@@H]1[C@H](O)CC[C@]2(C(=O)O)CC[C@]3(C)C(CC[C@@H]4[C@@]5(C)CC[C@H](O[C@@H]6O[C@H](C(=O)O)[C@@H](O)[C@H](O)[C@H]6O[C@@H]6O[C@H](CO)[C@H](O)[C@H](O)[C@H]6O[C@@H]6O[C@@H](C)[C@H](O)[C@@H](O)[C@H]6O)C(C)(C)[C@@H]5CC[C@]43C)[C@H]12. The van der Waals surface area contributed by atoms with Crippen molar-refractivity contribution in [3.8, 4) is 0 Å². The van der Waals surface area contributed by atoms with Crippen LogP contribution in [0.1, 0.15) is 113 Å². The van der Waals surface area contributed by atoms with Gasteiger partial charge < -0.3 is 84.6 Å². The van der Waals surface area contributed by atoms with E-state index in [0.29, 0.717) is 25.7 Å². The van der Waals surface area contributed by atoms with Crippen LogP contribution in [0.4, 0.5) is 0 Å². The third-order valence-corrected chi connectivity index (χ3v) is 19.8. The minimum atomic E-state index is -2.05. The van der Waals surface area contributed by atoms with Crippen molar-refractivity contribution >= 4 is 11.9 Å². The lowest BCUT2D eigenvalue weighted by atomic mass is 9.31. The normalized spacial score (nSPS) is 55.9. The number of hydrogen-bond acceptors (Lipinski definition) is 17. The van der Waals surface area contributed by atoms with Gasteiger partial charge in [-0.15, -0.1) is 0 Å². The molecule has 11 N–H and O–H groups in total. The molecule has 0 amide bonds. The Kier molecular flexibility index (Phi) is 13.7. The van der Waals surface area contributed by atoms with E-state index in [4.69, 9.17) is 28.4 Å². The second kappa shape index (κ2) is 17.9. The van der Waals surface area contributed by atoms with Gasteiger partial charge in [-0.2, -0.15) is 0 Å². The fourth-order valence-electron chi connectivity index (χ4n) is 15.9. The largest absolute Gasteiger partial charge is 0.481 e. The molecule has 0 spiro atoms. The third kappa shape index (κ3) is 7.63. The molecule has 8 aliphatic rings. The molecular weight excluding hydrogens is 868 g/mol. The summed E-state index contributed by atoms with van der Waals surface area (Å²) in [6.07, 6.45) is -20.0. The van der Waals surface area contributed by atoms with E-state index in [-0.39, 0.29) is 45.8 Å². The number of rotatable bonds is 9. The first-order valence-corrected chi connectivity index (χ1v) is 24.2. The van der Waals surface area contributed by atoms with Crippen molar-refractivity contribution in [1.82, 2.24) is 0 Å². The van der Waals surface area contributed by atoms with Gasteiger partial charge in [0.25, 0.3) is 0 Å². The quantitative estimate of drug-likeness (QED) is 0.140. The van der Waals surface area contributed by atoms with Crippen LogP contribution in [0.2, 0.25) is 0 Å². The monoisotopic (exact) mass is 944 g/mol. The van der Waals surface area contributed by atoms with Gasteiger partial charge >= 0.3 is 11.9 Å². The highest BCUT2D eigenvalue weighted by atomic mass is 16.8. The molecule has 5 aliphatic carbocycles. The molecule has 66 heavy (non-hydrogen) atoms. The van der Waals surface area contributed by atoms with Gasteiger partial charge in [0.1, 0.15) is 61.0 Å². The molecule has 26 atom stereocenters. The van der Waals surface area contributed by atoms with Crippen molar-refractivity contribution in [3.63, 3.8) is 0 Å². The first-order chi connectivity index (χ1) is 30.8. The molecule has 8 rings (SSSR count). The van der Waals surface area contributed by atoms with Crippen LogP contribution >= 0.6 is 0 Å². The van der Waals surface area contributed by atoms with Crippen LogP contribution in [0.15, 0.2) is 0 Å². The van der Waals surface area contributed by atoms with E-state index in [0.717, 1.165) is 38.5 Å². The van der Waals surface area contributed by atoms with Crippen LogP contribution in [0.3, 0.4) is 0 Å². The van der Waals surface area contributed by atoms with E-state index < -0.39 is 134 Å². The molecule has 3 heterocycles. The summed E-state index contributed by atoms with van der Waals surface area (Å²) in [5.41, 5.74) is -1.90. The van der Waals surface area contributed by atoms with Crippen LogP contribution in [0.25, 0.3) is 0 Å².